The highest BCUT2D eigenvalue weighted by Gasteiger charge is 2.13. The molecule has 1 aromatic carbocycles. The van der Waals surface area contributed by atoms with Gasteiger partial charge in [0, 0.05) is 11.6 Å². The molecule has 82 valence electrons. The number of carbonyl (C=O) groups excluding carboxylic acids is 1. The molecule has 0 saturated carbocycles. The Morgan fingerprint density at radius 3 is 2.88 bits per heavy atom. The molecule has 1 aromatic heterocycles. The number of carbonyl (C=O) groups is 1. The van der Waals surface area contributed by atoms with Gasteiger partial charge in [0.25, 0.3) is 0 Å². The van der Waals surface area contributed by atoms with Crippen LogP contribution in [0, 0.1) is 0 Å². The van der Waals surface area contributed by atoms with Gasteiger partial charge >= 0.3 is 0 Å². The molecule has 0 aliphatic carbocycles. The summed E-state index contributed by atoms with van der Waals surface area (Å²) in [4.78, 5) is 14.9. The van der Waals surface area contributed by atoms with Crippen molar-refractivity contribution in [2.45, 2.75) is 12.5 Å². The second-order valence-corrected chi connectivity index (χ2v) is 3.60. The number of hydrogen-bond donors (Lipinski definition) is 2. The lowest BCUT2D eigenvalue weighted by atomic mass is 10.0. The van der Waals surface area contributed by atoms with Gasteiger partial charge in [0.1, 0.15) is 0 Å². The summed E-state index contributed by atoms with van der Waals surface area (Å²) >= 11 is 0. The van der Waals surface area contributed by atoms with Crippen molar-refractivity contribution < 1.29 is 9.90 Å². The Bertz CT molecular complexity index is 520. The first-order valence-electron chi connectivity index (χ1n) is 4.98. The van der Waals surface area contributed by atoms with Crippen molar-refractivity contribution in [1.29, 1.82) is 0 Å². The number of pyridine rings is 1. The fourth-order valence-electron chi connectivity index (χ4n) is 1.71. The van der Waals surface area contributed by atoms with Gasteiger partial charge in [-0.15, -0.1) is 0 Å². The maximum atomic E-state index is 10.8. The van der Waals surface area contributed by atoms with Gasteiger partial charge in [0.2, 0.25) is 5.91 Å². The van der Waals surface area contributed by atoms with Crippen molar-refractivity contribution in [2.24, 2.45) is 5.73 Å². The minimum absolute atomic E-state index is 0.0754. The van der Waals surface area contributed by atoms with E-state index in [1.54, 1.807) is 12.3 Å². The lowest BCUT2D eigenvalue weighted by Crippen LogP contribution is -2.15. The number of nitrogens with zero attached hydrogens (tertiary/aromatic N) is 1. The Hall–Kier alpha value is -1.94. The zero-order chi connectivity index (χ0) is 11.5. The molecule has 4 nitrogen and oxygen atoms in total. The number of amides is 1. The summed E-state index contributed by atoms with van der Waals surface area (Å²) in [5, 5.41) is 10.7. The molecule has 1 amide bonds. The second-order valence-electron chi connectivity index (χ2n) is 3.60. The van der Waals surface area contributed by atoms with Crippen LogP contribution in [0.5, 0.6) is 0 Å². The lowest BCUT2D eigenvalue weighted by molar-refractivity contribution is -0.119. The summed E-state index contributed by atoms with van der Waals surface area (Å²) < 4.78 is 0. The summed E-state index contributed by atoms with van der Waals surface area (Å²) in [6, 6.07) is 9.16. The number of benzene rings is 1. The molecule has 1 atom stereocenters. The van der Waals surface area contributed by atoms with Crippen LogP contribution in [0.15, 0.2) is 36.5 Å². The van der Waals surface area contributed by atoms with E-state index in [1.165, 1.54) is 0 Å². The van der Waals surface area contributed by atoms with Gasteiger partial charge in [-0.3, -0.25) is 9.78 Å². The topological polar surface area (TPSA) is 76.2 Å². The van der Waals surface area contributed by atoms with E-state index in [0.29, 0.717) is 5.56 Å². The number of para-hydroxylation sites is 1. The average molecular weight is 216 g/mol. The maximum Gasteiger partial charge on any atom is 0.220 e. The molecule has 0 aliphatic heterocycles. The van der Waals surface area contributed by atoms with Crippen molar-refractivity contribution in [3.05, 3.63) is 42.1 Å². The average Bonchev–Trinajstić information content (AvgIpc) is 2.27. The minimum atomic E-state index is -0.870. The van der Waals surface area contributed by atoms with E-state index in [2.05, 4.69) is 4.98 Å². The van der Waals surface area contributed by atoms with E-state index in [0.717, 1.165) is 10.9 Å². The van der Waals surface area contributed by atoms with E-state index in [9.17, 15) is 9.90 Å². The molecule has 4 heteroatoms. The third-order valence-electron chi connectivity index (χ3n) is 2.44. The predicted molar refractivity (Wildman–Crippen MR) is 60.5 cm³/mol. The summed E-state index contributed by atoms with van der Waals surface area (Å²) in [6.07, 6.45) is 0.668. The first kappa shape index (κ1) is 10.6. The van der Waals surface area contributed by atoms with Crippen LogP contribution < -0.4 is 5.73 Å². The summed E-state index contributed by atoms with van der Waals surface area (Å²) in [5.41, 5.74) is 6.54. The summed E-state index contributed by atoms with van der Waals surface area (Å²) in [5.74, 6) is -0.520. The van der Waals surface area contributed by atoms with Crippen LogP contribution in [0.25, 0.3) is 10.9 Å². The van der Waals surface area contributed by atoms with Crippen LogP contribution in [-0.4, -0.2) is 16.0 Å². The number of aliphatic hydroxyl groups is 1. The molecule has 16 heavy (non-hydrogen) atoms. The van der Waals surface area contributed by atoms with E-state index < -0.39 is 12.0 Å². The number of aliphatic hydroxyl groups excluding tert-OH is 1. The van der Waals surface area contributed by atoms with Crippen LogP contribution in [0.2, 0.25) is 0 Å². The van der Waals surface area contributed by atoms with Gasteiger partial charge in [-0.2, -0.15) is 0 Å². The molecule has 0 bridgehead atoms. The highest BCUT2D eigenvalue weighted by Crippen LogP contribution is 2.24. The van der Waals surface area contributed by atoms with Crippen LogP contribution in [-0.2, 0) is 4.79 Å². The third-order valence-corrected chi connectivity index (χ3v) is 2.44. The summed E-state index contributed by atoms with van der Waals surface area (Å²) in [7, 11) is 0. The monoisotopic (exact) mass is 216 g/mol. The van der Waals surface area contributed by atoms with E-state index in [4.69, 9.17) is 5.73 Å². The highest BCUT2D eigenvalue weighted by atomic mass is 16.3. The Kier molecular flexibility index (Phi) is 2.83. The van der Waals surface area contributed by atoms with Crippen LogP contribution in [0.3, 0.4) is 0 Å². The Labute approximate surface area is 92.7 Å². The zero-order valence-corrected chi connectivity index (χ0v) is 8.63. The normalized spacial score (nSPS) is 12.6. The van der Waals surface area contributed by atoms with E-state index in [1.807, 2.05) is 24.3 Å². The molecular weight excluding hydrogens is 204 g/mol. The number of aromatic nitrogens is 1. The molecule has 1 unspecified atom stereocenters. The first-order valence-corrected chi connectivity index (χ1v) is 4.98. The van der Waals surface area contributed by atoms with Crippen molar-refractivity contribution in [3.8, 4) is 0 Å². The minimum Gasteiger partial charge on any atom is -0.388 e. The molecule has 2 aromatic rings. The Morgan fingerprint density at radius 1 is 1.38 bits per heavy atom. The van der Waals surface area contributed by atoms with Gasteiger partial charge in [0.05, 0.1) is 18.0 Å². The Morgan fingerprint density at radius 2 is 2.12 bits per heavy atom. The smallest absolute Gasteiger partial charge is 0.220 e. The fourth-order valence-corrected chi connectivity index (χ4v) is 1.71. The SMILES string of the molecule is NC(=O)CC(O)c1ccnc2ccccc12. The van der Waals surface area contributed by atoms with Crippen LogP contribution in [0.1, 0.15) is 18.1 Å². The number of rotatable bonds is 3. The zero-order valence-electron chi connectivity index (χ0n) is 8.63. The Balaban J connectivity index is 2.47. The van der Waals surface area contributed by atoms with Gasteiger partial charge in [0.15, 0.2) is 0 Å². The van der Waals surface area contributed by atoms with E-state index >= 15 is 0 Å². The lowest BCUT2D eigenvalue weighted by Gasteiger charge is -2.11. The molecular formula is C12H12N2O2. The molecule has 0 spiro atoms. The van der Waals surface area contributed by atoms with Gasteiger partial charge in [-0.05, 0) is 17.7 Å². The number of fused-ring (bicyclic) bond motifs is 1. The highest BCUT2D eigenvalue weighted by molar-refractivity contribution is 5.83. The largest absolute Gasteiger partial charge is 0.388 e. The molecule has 1 heterocycles. The van der Waals surface area contributed by atoms with Crippen molar-refractivity contribution in [3.63, 3.8) is 0 Å². The number of nitrogens with two attached hydrogens (primary N) is 1. The van der Waals surface area contributed by atoms with Gasteiger partial charge in [-0.1, -0.05) is 18.2 Å². The fraction of sp³-hybridized carbons (Fsp3) is 0.167. The van der Waals surface area contributed by atoms with Crippen molar-refractivity contribution >= 4 is 16.8 Å². The van der Waals surface area contributed by atoms with Crippen LogP contribution >= 0.6 is 0 Å². The van der Waals surface area contributed by atoms with Crippen LogP contribution in [0.4, 0.5) is 0 Å². The second kappa shape index (κ2) is 4.28. The molecule has 0 radical (unpaired) electrons. The van der Waals surface area contributed by atoms with Gasteiger partial charge < -0.3 is 10.8 Å². The third kappa shape index (κ3) is 2.01. The van der Waals surface area contributed by atoms with Gasteiger partial charge in [-0.25, -0.2) is 0 Å². The standard InChI is InChI=1S/C12H12N2O2/c13-12(16)7-11(15)9-5-6-14-10-4-2-1-3-8(9)10/h1-6,11,15H,7H2,(H2,13,16). The predicted octanol–water partition coefficient (Wildman–Crippen LogP) is 1.14. The molecule has 0 fully saturated rings. The molecule has 2 rings (SSSR count). The quantitative estimate of drug-likeness (QED) is 0.807. The first-order chi connectivity index (χ1) is 7.68. The van der Waals surface area contributed by atoms with Crippen molar-refractivity contribution in [2.75, 3.05) is 0 Å². The molecule has 0 saturated heterocycles. The molecule has 3 N–H and O–H groups in total. The number of hydrogen-bond acceptors (Lipinski definition) is 3. The molecule has 0 aliphatic rings. The van der Waals surface area contributed by atoms with E-state index in [-0.39, 0.29) is 6.42 Å². The maximum absolute atomic E-state index is 10.8. The summed E-state index contributed by atoms with van der Waals surface area (Å²) in [6.45, 7) is 0. The van der Waals surface area contributed by atoms with Crippen molar-refractivity contribution in [1.82, 2.24) is 4.98 Å². The number of primary amides is 1.